The number of nitrogens with zero attached hydrogens (tertiary/aromatic N) is 1. The second kappa shape index (κ2) is 7.11. The molecule has 2 aliphatic rings. The molecule has 23 heavy (non-hydrogen) atoms. The molecular formula is C16H22ClNO3S2. The topological polar surface area (TPSA) is 54.5 Å². The minimum absolute atomic E-state index is 0.0991. The van der Waals surface area contributed by atoms with Crippen molar-refractivity contribution in [1.82, 2.24) is 4.90 Å². The van der Waals surface area contributed by atoms with Crippen LogP contribution in [0.2, 0.25) is 4.34 Å². The predicted octanol–water partition coefficient (Wildman–Crippen LogP) is 3.50. The molecule has 1 aliphatic heterocycles. The highest BCUT2D eigenvalue weighted by Gasteiger charge is 2.36. The van der Waals surface area contributed by atoms with Crippen LogP contribution in [0, 0.1) is 5.92 Å². The van der Waals surface area contributed by atoms with Crippen LogP contribution in [0.4, 0.5) is 0 Å². The Morgan fingerprint density at radius 1 is 1.22 bits per heavy atom. The first-order valence-electron chi connectivity index (χ1n) is 8.19. The van der Waals surface area contributed by atoms with E-state index < -0.39 is 9.84 Å². The van der Waals surface area contributed by atoms with Gasteiger partial charge in [-0.3, -0.25) is 4.79 Å². The number of likely N-dealkylation sites (tertiary alicyclic amines) is 1. The van der Waals surface area contributed by atoms with E-state index in [4.69, 9.17) is 11.6 Å². The fraction of sp³-hybridized carbons (Fsp3) is 0.688. The number of hydrogen-bond donors (Lipinski definition) is 0. The Bertz CT molecular complexity index is 669. The van der Waals surface area contributed by atoms with Crippen LogP contribution >= 0.6 is 22.9 Å². The van der Waals surface area contributed by atoms with E-state index >= 15 is 0 Å². The van der Waals surface area contributed by atoms with Crippen LogP contribution < -0.4 is 0 Å². The van der Waals surface area contributed by atoms with Gasteiger partial charge in [-0.05, 0) is 43.7 Å². The van der Waals surface area contributed by atoms with E-state index in [0.29, 0.717) is 21.7 Å². The van der Waals surface area contributed by atoms with E-state index in [0.717, 1.165) is 19.3 Å². The first kappa shape index (κ1) is 17.2. The lowest BCUT2D eigenvalue weighted by atomic mass is 9.78. The Morgan fingerprint density at radius 3 is 2.70 bits per heavy atom. The molecule has 0 bridgehead atoms. The SMILES string of the molecule is O=C(CS(=O)(=O)Cc1ccc(Cl)s1)N1CCC[C@H]2CCCC[C@@H]21. The molecule has 0 N–H and O–H groups in total. The summed E-state index contributed by atoms with van der Waals surface area (Å²) in [5.74, 6) is -0.131. The van der Waals surface area contributed by atoms with Crippen molar-refractivity contribution in [3.63, 3.8) is 0 Å². The number of fused-ring (bicyclic) bond motifs is 1. The van der Waals surface area contributed by atoms with Crippen LogP contribution in [-0.4, -0.2) is 37.6 Å². The molecule has 128 valence electrons. The largest absolute Gasteiger partial charge is 0.339 e. The molecule has 3 rings (SSSR count). The van der Waals surface area contributed by atoms with E-state index in [1.807, 2.05) is 4.90 Å². The third-order valence-corrected chi connectivity index (χ3v) is 7.75. The first-order chi connectivity index (χ1) is 10.9. The van der Waals surface area contributed by atoms with Crippen LogP contribution in [0.25, 0.3) is 0 Å². The zero-order valence-corrected chi connectivity index (χ0v) is 15.4. The summed E-state index contributed by atoms with van der Waals surface area (Å²) in [4.78, 5) is 15.1. The quantitative estimate of drug-likeness (QED) is 0.809. The molecule has 7 heteroatoms. The number of halogens is 1. The first-order valence-corrected chi connectivity index (χ1v) is 11.2. The number of amides is 1. The summed E-state index contributed by atoms with van der Waals surface area (Å²) in [5.41, 5.74) is 0. The van der Waals surface area contributed by atoms with Gasteiger partial charge in [0.25, 0.3) is 0 Å². The number of sulfone groups is 1. The van der Waals surface area contributed by atoms with Gasteiger partial charge in [0.05, 0.1) is 10.1 Å². The van der Waals surface area contributed by atoms with Gasteiger partial charge in [-0.25, -0.2) is 8.42 Å². The Labute approximate surface area is 146 Å². The zero-order valence-electron chi connectivity index (χ0n) is 13.0. The van der Waals surface area contributed by atoms with Crippen molar-refractivity contribution in [2.75, 3.05) is 12.3 Å². The number of thiophene rings is 1. The maximum Gasteiger partial charge on any atom is 0.238 e. The van der Waals surface area contributed by atoms with Crippen molar-refractivity contribution in [3.05, 3.63) is 21.3 Å². The van der Waals surface area contributed by atoms with Crippen molar-refractivity contribution in [2.45, 2.75) is 50.3 Å². The molecular weight excluding hydrogens is 354 g/mol. The maximum absolute atomic E-state index is 12.6. The van der Waals surface area contributed by atoms with Crippen LogP contribution in [0.15, 0.2) is 12.1 Å². The molecule has 1 amide bonds. The molecule has 2 heterocycles. The van der Waals surface area contributed by atoms with Crippen molar-refractivity contribution in [2.24, 2.45) is 5.92 Å². The molecule has 0 spiro atoms. The summed E-state index contributed by atoms with van der Waals surface area (Å²) >= 11 is 7.10. The summed E-state index contributed by atoms with van der Waals surface area (Å²) in [6.45, 7) is 0.709. The van der Waals surface area contributed by atoms with Gasteiger partial charge in [-0.15, -0.1) is 11.3 Å². The van der Waals surface area contributed by atoms with E-state index in [2.05, 4.69) is 0 Å². The van der Waals surface area contributed by atoms with Crippen LogP contribution in [0.1, 0.15) is 43.4 Å². The van der Waals surface area contributed by atoms with Crippen molar-refractivity contribution in [3.8, 4) is 0 Å². The Hall–Kier alpha value is -0.590. The highest BCUT2D eigenvalue weighted by atomic mass is 35.5. The Kier molecular flexibility index (Phi) is 5.33. The molecule has 1 saturated carbocycles. The monoisotopic (exact) mass is 375 g/mol. The fourth-order valence-corrected chi connectivity index (χ4v) is 6.73. The van der Waals surface area contributed by atoms with Crippen LogP contribution in [0.3, 0.4) is 0 Å². The van der Waals surface area contributed by atoms with Crippen molar-refractivity contribution in [1.29, 1.82) is 0 Å². The summed E-state index contributed by atoms with van der Waals surface area (Å²) in [6.07, 6.45) is 6.75. The molecule has 1 aromatic heterocycles. The summed E-state index contributed by atoms with van der Waals surface area (Å²) < 4.78 is 25.2. The van der Waals surface area contributed by atoms with Gasteiger partial charge in [0.15, 0.2) is 9.84 Å². The summed E-state index contributed by atoms with van der Waals surface area (Å²) in [5, 5.41) is 0. The minimum atomic E-state index is -3.45. The molecule has 1 aromatic rings. The van der Waals surface area contributed by atoms with Gasteiger partial charge in [0, 0.05) is 17.5 Å². The summed E-state index contributed by atoms with van der Waals surface area (Å²) in [6, 6.07) is 3.67. The number of piperidine rings is 1. The van der Waals surface area contributed by atoms with E-state index in [9.17, 15) is 13.2 Å². The number of carbonyl (C=O) groups excluding carboxylic acids is 1. The second-order valence-electron chi connectivity index (χ2n) is 6.58. The third kappa shape index (κ3) is 4.28. The zero-order chi connectivity index (χ0) is 16.4. The van der Waals surface area contributed by atoms with Crippen LogP contribution in [0.5, 0.6) is 0 Å². The minimum Gasteiger partial charge on any atom is -0.339 e. The van der Waals surface area contributed by atoms with Crippen molar-refractivity contribution < 1.29 is 13.2 Å². The molecule has 0 aromatic carbocycles. The molecule has 2 fully saturated rings. The highest BCUT2D eigenvalue weighted by molar-refractivity contribution is 7.91. The normalized spacial score (nSPS) is 25.2. The van der Waals surface area contributed by atoms with Crippen molar-refractivity contribution >= 4 is 38.7 Å². The third-order valence-electron chi connectivity index (χ3n) is 4.90. The van der Waals surface area contributed by atoms with Gasteiger partial charge in [0.2, 0.25) is 5.91 Å². The second-order valence-corrected chi connectivity index (χ2v) is 10.4. The lowest BCUT2D eigenvalue weighted by molar-refractivity contribution is -0.134. The lowest BCUT2D eigenvalue weighted by Crippen LogP contribution is -2.51. The van der Waals surface area contributed by atoms with Gasteiger partial charge >= 0.3 is 0 Å². The molecule has 2 atom stereocenters. The maximum atomic E-state index is 12.6. The van der Waals surface area contributed by atoms with E-state index in [1.54, 1.807) is 12.1 Å². The molecule has 0 unspecified atom stereocenters. The predicted molar refractivity (Wildman–Crippen MR) is 93.5 cm³/mol. The van der Waals surface area contributed by atoms with E-state index in [1.165, 1.54) is 30.6 Å². The molecule has 1 aliphatic carbocycles. The Balaban J connectivity index is 1.65. The van der Waals surface area contributed by atoms with Gasteiger partial charge < -0.3 is 4.90 Å². The van der Waals surface area contributed by atoms with E-state index in [-0.39, 0.29) is 23.5 Å². The number of hydrogen-bond acceptors (Lipinski definition) is 4. The molecule has 1 saturated heterocycles. The standard InChI is InChI=1S/C16H22ClNO3S2/c17-15-8-7-13(22-15)10-23(20,21)11-16(19)18-9-3-5-12-4-1-2-6-14(12)18/h7-8,12,14H,1-6,9-11H2/t12-,14+/m1/s1. The highest BCUT2D eigenvalue weighted by Crippen LogP contribution is 2.35. The molecule has 0 radical (unpaired) electrons. The summed E-state index contributed by atoms with van der Waals surface area (Å²) in [7, 11) is -3.45. The average Bonchev–Trinajstić information content (AvgIpc) is 2.90. The fourth-order valence-electron chi connectivity index (χ4n) is 3.90. The number of rotatable bonds is 4. The smallest absolute Gasteiger partial charge is 0.238 e. The van der Waals surface area contributed by atoms with Gasteiger partial charge in [-0.2, -0.15) is 0 Å². The Morgan fingerprint density at radius 2 is 1.96 bits per heavy atom. The average molecular weight is 376 g/mol. The van der Waals surface area contributed by atoms with Crippen LogP contribution in [-0.2, 0) is 20.4 Å². The number of carbonyl (C=O) groups is 1. The van der Waals surface area contributed by atoms with Gasteiger partial charge in [-0.1, -0.05) is 24.4 Å². The van der Waals surface area contributed by atoms with Gasteiger partial charge in [0.1, 0.15) is 5.75 Å². The molecule has 4 nitrogen and oxygen atoms in total. The lowest BCUT2D eigenvalue weighted by Gasteiger charge is -2.44.